The molecule has 1 heterocycles. The Kier molecular flexibility index (Phi) is 8.30. The van der Waals surface area contributed by atoms with Crippen LogP contribution < -0.4 is 16.0 Å². The Hall–Kier alpha value is -4.46. The van der Waals surface area contributed by atoms with Crippen molar-refractivity contribution in [3.63, 3.8) is 0 Å². The molecule has 2 amide bonds. The van der Waals surface area contributed by atoms with Crippen LogP contribution >= 0.6 is 0 Å². The molecule has 0 aliphatic carbocycles. The molecule has 0 bridgehead atoms. The maximum atomic E-state index is 13.0. The molecular weight excluding hydrogens is 466 g/mol. The Labute approximate surface area is 216 Å². The van der Waals surface area contributed by atoms with Crippen LogP contribution in [0.15, 0.2) is 84.9 Å². The zero-order valence-corrected chi connectivity index (χ0v) is 21.1. The van der Waals surface area contributed by atoms with Crippen molar-refractivity contribution in [1.29, 1.82) is 0 Å². The number of para-hydroxylation sites is 1. The number of methoxy groups -OCH3 is 1. The van der Waals surface area contributed by atoms with Gasteiger partial charge in [0.25, 0.3) is 0 Å². The minimum atomic E-state index is -0.579. The first-order valence-corrected chi connectivity index (χ1v) is 12.2. The number of nitrogens with one attached hydrogen (secondary N) is 3. The summed E-state index contributed by atoms with van der Waals surface area (Å²) in [5.74, 6) is 0.532. The van der Waals surface area contributed by atoms with Gasteiger partial charge in [-0.2, -0.15) is 0 Å². The number of hydrogen-bond donors (Lipinski definition) is 3. The van der Waals surface area contributed by atoms with E-state index in [2.05, 4.69) is 25.9 Å². The molecule has 0 radical (unpaired) electrons. The zero-order chi connectivity index (χ0) is 26.2. The molecule has 8 nitrogen and oxygen atoms in total. The number of aromatic nitrogens is 2. The van der Waals surface area contributed by atoms with E-state index in [1.165, 1.54) is 7.11 Å². The summed E-state index contributed by atoms with van der Waals surface area (Å²) in [5.41, 5.74) is 2.65. The predicted octanol–water partition coefficient (Wildman–Crippen LogP) is 4.83. The van der Waals surface area contributed by atoms with Crippen molar-refractivity contribution >= 4 is 28.7 Å². The summed E-state index contributed by atoms with van der Waals surface area (Å²) in [6.45, 7) is 3.97. The third kappa shape index (κ3) is 6.41. The van der Waals surface area contributed by atoms with Gasteiger partial charge in [-0.3, -0.25) is 0 Å². The normalized spacial score (nSPS) is 11.8. The van der Waals surface area contributed by atoms with Gasteiger partial charge in [0.05, 0.1) is 25.2 Å². The van der Waals surface area contributed by atoms with Gasteiger partial charge in [-0.1, -0.05) is 86.6 Å². The fourth-order valence-corrected chi connectivity index (χ4v) is 4.08. The van der Waals surface area contributed by atoms with Gasteiger partial charge in [0.15, 0.2) is 5.82 Å². The molecule has 0 saturated carbocycles. The second kappa shape index (κ2) is 12.0. The van der Waals surface area contributed by atoms with Crippen molar-refractivity contribution < 1.29 is 14.3 Å². The largest absolute Gasteiger partial charge is 0.467 e. The summed E-state index contributed by atoms with van der Waals surface area (Å²) in [6, 6.07) is 25.9. The minimum absolute atomic E-state index is 0.0264. The number of ether oxygens (including phenoxy) is 1. The average molecular weight is 498 g/mol. The molecule has 4 rings (SSSR count). The molecule has 1 aromatic heterocycles. The minimum Gasteiger partial charge on any atom is -0.467 e. The number of nitrogens with zero attached hydrogens (tertiary/aromatic N) is 2. The van der Waals surface area contributed by atoms with Crippen LogP contribution in [0.2, 0.25) is 0 Å². The van der Waals surface area contributed by atoms with E-state index >= 15 is 0 Å². The molecule has 3 N–H and O–H groups in total. The number of fused-ring (bicyclic) bond motifs is 1. The molecule has 190 valence electrons. The van der Waals surface area contributed by atoms with E-state index in [4.69, 9.17) is 4.74 Å². The van der Waals surface area contributed by atoms with Gasteiger partial charge < -0.3 is 20.7 Å². The predicted molar refractivity (Wildman–Crippen MR) is 144 cm³/mol. The van der Waals surface area contributed by atoms with Crippen LogP contribution in [0.3, 0.4) is 0 Å². The molecule has 8 heteroatoms. The summed E-state index contributed by atoms with van der Waals surface area (Å²) < 4.78 is 4.97. The Balaban J connectivity index is 1.53. The summed E-state index contributed by atoms with van der Waals surface area (Å²) >= 11 is 0. The van der Waals surface area contributed by atoms with Crippen LogP contribution in [0, 0.1) is 5.92 Å². The van der Waals surface area contributed by atoms with Crippen LogP contribution in [0.25, 0.3) is 10.9 Å². The summed E-state index contributed by atoms with van der Waals surface area (Å²) in [4.78, 5) is 34.5. The highest BCUT2D eigenvalue weighted by atomic mass is 16.5. The van der Waals surface area contributed by atoms with Crippen LogP contribution in [0.5, 0.6) is 0 Å². The van der Waals surface area contributed by atoms with Crippen LogP contribution in [0.1, 0.15) is 36.8 Å². The van der Waals surface area contributed by atoms with E-state index in [1.54, 1.807) is 0 Å². The molecule has 37 heavy (non-hydrogen) atoms. The highest BCUT2D eigenvalue weighted by molar-refractivity contribution is 5.91. The highest BCUT2D eigenvalue weighted by Gasteiger charge is 2.24. The summed E-state index contributed by atoms with van der Waals surface area (Å²) in [5, 5.41) is 9.93. The maximum absolute atomic E-state index is 13.0. The topological polar surface area (TPSA) is 105 Å². The van der Waals surface area contributed by atoms with Gasteiger partial charge >= 0.3 is 12.0 Å². The fraction of sp³-hybridized carbons (Fsp3) is 0.241. The lowest BCUT2D eigenvalue weighted by molar-refractivity contribution is -0.142. The van der Waals surface area contributed by atoms with Crippen molar-refractivity contribution in [3.8, 4) is 0 Å². The maximum Gasteiger partial charge on any atom is 0.328 e. The Morgan fingerprint density at radius 3 is 2.03 bits per heavy atom. The number of amides is 2. The Morgan fingerprint density at radius 2 is 1.43 bits per heavy atom. The molecule has 3 aromatic carbocycles. The Morgan fingerprint density at radius 1 is 0.838 bits per heavy atom. The SMILES string of the molecule is COC(=O)[C@@H](Nc1nc(CNC(=O)NC(c2ccccc2)c2ccccc2)nc2ccccc12)C(C)C. The molecule has 0 unspecified atom stereocenters. The number of anilines is 1. The van der Waals surface area contributed by atoms with Crippen molar-refractivity contribution in [3.05, 3.63) is 102 Å². The van der Waals surface area contributed by atoms with E-state index in [0.29, 0.717) is 17.2 Å². The monoisotopic (exact) mass is 497 g/mol. The molecule has 0 spiro atoms. The van der Waals surface area contributed by atoms with E-state index in [9.17, 15) is 9.59 Å². The van der Waals surface area contributed by atoms with E-state index in [0.717, 1.165) is 16.5 Å². The number of urea groups is 1. The fourth-order valence-electron chi connectivity index (χ4n) is 4.08. The van der Waals surface area contributed by atoms with Crippen molar-refractivity contribution in [1.82, 2.24) is 20.6 Å². The van der Waals surface area contributed by atoms with E-state index in [-0.39, 0.29) is 30.5 Å². The molecule has 1 atom stereocenters. The molecule has 0 fully saturated rings. The first kappa shape index (κ1) is 25.6. The third-order valence-corrected chi connectivity index (χ3v) is 6.01. The zero-order valence-electron chi connectivity index (χ0n) is 21.1. The summed E-state index contributed by atoms with van der Waals surface area (Å²) in [7, 11) is 1.36. The van der Waals surface area contributed by atoms with Crippen LogP contribution in [0.4, 0.5) is 10.6 Å². The van der Waals surface area contributed by atoms with Crippen LogP contribution in [-0.4, -0.2) is 35.1 Å². The van der Waals surface area contributed by atoms with Crippen molar-refractivity contribution in [2.24, 2.45) is 5.92 Å². The number of carbonyl (C=O) groups is 2. The van der Waals surface area contributed by atoms with Crippen molar-refractivity contribution in [2.45, 2.75) is 32.5 Å². The molecule has 0 saturated heterocycles. The smallest absolute Gasteiger partial charge is 0.328 e. The lowest BCUT2D eigenvalue weighted by Gasteiger charge is -2.22. The standard InChI is InChI=1S/C29H31N5O3/c1-19(2)25(28(35)37-3)33-27-22-16-10-11-17-23(22)31-24(32-27)18-30-29(36)34-26(20-12-6-4-7-13-20)21-14-8-5-9-15-21/h4-17,19,25-26H,18H2,1-3H3,(H2,30,34,36)(H,31,32,33)/t25-/m0/s1. The van der Waals surface area contributed by atoms with Crippen molar-refractivity contribution in [2.75, 3.05) is 12.4 Å². The van der Waals surface area contributed by atoms with Gasteiger partial charge in [-0.25, -0.2) is 19.6 Å². The second-order valence-electron chi connectivity index (χ2n) is 8.98. The average Bonchev–Trinajstić information content (AvgIpc) is 2.93. The number of carbonyl (C=O) groups excluding carboxylic acids is 2. The highest BCUT2D eigenvalue weighted by Crippen LogP contribution is 2.23. The van der Waals surface area contributed by atoms with Gasteiger partial charge in [-0.15, -0.1) is 0 Å². The lowest BCUT2D eigenvalue weighted by Crippen LogP contribution is -2.38. The second-order valence-corrected chi connectivity index (χ2v) is 8.98. The van der Waals surface area contributed by atoms with E-state index < -0.39 is 6.04 Å². The van der Waals surface area contributed by atoms with Gasteiger partial charge in [-0.05, 0) is 29.2 Å². The molecule has 0 aliphatic heterocycles. The third-order valence-electron chi connectivity index (χ3n) is 6.01. The number of benzene rings is 3. The number of esters is 1. The number of hydrogen-bond acceptors (Lipinski definition) is 6. The Bertz CT molecular complexity index is 1310. The molecule has 4 aromatic rings. The lowest BCUT2D eigenvalue weighted by atomic mass is 9.99. The van der Waals surface area contributed by atoms with E-state index in [1.807, 2.05) is 98.8 Å². The number of rotatable bonds is 9. The first-order chi connectivity index (χ1) is 18.0. The van der Waals surface area contributed by atoms with Crippen LogP contribution in [-0.2, 0) is 16.1 Å². The first-order valence-electron chi connectivity index (χ1n) is 12.2. The summed E-state index contributed by atoms with van der Waals surface area (Å²) in [6.07, 6.45) is 0. The van der Waals surface area contributed by atoms with Gasteiger partial charge in [0.1, 0.15) is 11.9 Å². The quantitative estimate of drug-likeness (QED) is 0.286. The van der Waals surface area contributed by atoms with Gasteiger partial charge in [0.2, 0.25) is 0 Å². The molecule has 0 aliphatic rings. The van der Waals surface area contributed by atoms with Gasteiger partial charge in [0, 0.05) is 5.39 Å². The molecular formula is C29H31N5O3.